The van der Waals surface area contributed by atoms with E-state index in [1.54, 1.807) is 12.1 Å². The van der Waals surface area contributed by atoms with Gasteiger partial charge in [-0.25, -0.2) is 0 Å². The first-order valence-electron chi connectivity index (χ1n) is 6.13. The fourth-order valence-corrected chi connectivity index (χ4v) is 2.26. The third-order valence-corrected chi connectivity index (χ3v) is 3.25. The standard InChI is InChI=1S/C12H18N4O/c13-12(17)10-5-6-11(16-15-10)14-8-7-9-3-1-2-4-9/h5-6,9H,1-4,7-8H2,(H2,13,17)(H,14,16). The lowest BCUT2D eigenvalue weighted by molar-refractivity contribution is 0.0994. The zero-order valence-corrected chi connectivity index (χ0v) is 9.85. The SMILES string of the molecule is NC(=O)c1ccc(NCCC2CCCC2)nn1. The van der Waals surface area contributed by atoms with Gasteiger partial charge in [0.2, 0.25) is 0 Å². The van der Waals surface area contributed by atoms with Crippen molar-refractivity contribution in [1.82, 2.24) is 10.2 Å². The molecule has 92 valence electrons. The van der Waals surface area contributed by atoms with Gasteiger partial charge in [0.05, 0.1) is 0 Å². The summed E-state index contributed by atoms with van der Waals surface area (Å²) in [5.41, 5.74) is 5.29. The molecule has 2 rings (SSSR count). The molecule has 0 bridgehead atoms. The van der Waals surface area contributed by atoms with Crippen LogP contribution in [0.15, 0.2) is 12.1 Å². The number of hydrogen-bond acceptors (Lipinski definition) is 4. The molecule has 0 spiro atoms. The molecule has 1 aromatic heterocycles. The topological polar surface area (TPSA) is 80.9 Å². The number of nitrogens with two attached hydrogens (primary N) is 1. The summed E-state index contributed by atoms with van der Waals surface area (Å²) in [7, 11) is 0. The predicted octanol–water partition coefficient (Wildman–Crippen LogP) is 1.57. The number of anilines is 1. The van der Waals surface area contributed by atoms with Gasteiger partial charge < -0.3 is 11.1 Å². The molecule has 1 aliphatic carbocycles. The summed E-state index contributed by atoms with van der Waals surface area (Å²) in [6.45, 7) is 0.912. The van der Waals surface area contributed by atoms with Crippen LogP contribution in [-0.2, 0) is 0 Å². The number of amides is 1. The third-order valence-electron chi connectivity index (χ3n) is 3.25. The number of carbonyl (C=O) groups is 1. The van der Waals surface area contributed by atoms with Crippen LogP contribution in [0.5, 0.6) is 0 Å². The van der Waals surface area contributed by atoms with Crippen molar-refractivity contribution in [2.75, 3.05) is 11.9 Å². The molecule has 5 heteroatoms. The van der Waals surface area contributed by atoms with Crippen molar-refractivity contribution in [3.8, 4) is 0 Å². The number of nitrogens with one attached hydrogen (secondary N) is 1. The number of aromatic nitrogens is 2. The first kappa shape index (κ1) is 11.8. The predicted molar refractivity (Wildman–Crippen MR) is 65.6 cm³/mol. The lowest BCUT2D eigenvalue weighted by Crippen LogP contribution is -2.14. The highest BCUT2D eigenvalue weighted by molar-refractivity contribution is 5.90. The first-order chi connectivity index (χ1) is 8.25. The molecular weight excluding hydrogens is 216 g/mol. The molecule has 0 unspecified atom stereocenters. The quantitative estimate of drug-likeness (QED) is 0.810. The fourth-order valence-electron chi connectivity index (χ4n) is 2.26. The van der Waals surface area contributed by atoms with Crippen molar-refractivity contribution in [2.45, 2.75) is 32.1 Å². The Morgan fingerprint density at radius 2 is 2.12 bits per heavy atom. The molecule has 0 radical (unpaired) electrons. The molecule has 1 heterocycles. The van der Waals surface area contributed by atoms with E-state index in [4.69, 9.17) is 5.73 Å². The Kier molecular flexibility index (Phi) is 3.90. The maximum atomic E-state index is 10.8. The van der Waals surface area contributed by atoms with Gasteiger partial charge in [0.15, 0.2) is 5.69 Å². The van der Waals surface area contributed by atoms with Crippen molar-refractivity contribution in [2.24, 2.45) is 11.7 Å². The van der Waals surface area contributed by atoms with Crippen LogP contribution in [0, 0.1) is 5.92 Å². The number of primary amides is 1. The molecule has 0 atom stereocenters. The minimum atomic E-state index is -0.546. The van der Waals surface area contributed by atoms with E-state index in [1.165, 1.54) is 32.1 Å². The summed E-state index contributed by atoms with van der Waals surface area (Å²) in [5.74, 6) is 1.02. The van der Waals surface area contributed by atoms with Gasteiger partial charge in [0.1, 0.15) is 5.82 Å². The lowest BCUT2D eigenvalue weighted by Gasteiger charge is -2.09. The van der Waals surface area contributed by atoms with E-state index in [0.717, 1.165) is 12.5 Å². The molecule has 0 saturated heterocycles. The molecule has 0 aromatic carbocycles. The van der Waals surface area contributed by atoms with E-state index in [2.05, 4.69) is 15.5 Å². The smallest absolute Gasteiger partial charge is 0.269 e. The van der Waals surface area contributed by atoms with Crippen LogP contribution in [-0.4, -0.2) is 22.6 Å². The van der Waals surface area contributed by atoms with Gasteiger partial charge in [0, 0.05) is 6.54 Å². The summed E-state index contributed by atoms with van der Waals surface area (Å²) in [5, 5.41) is 10.9. The Balaban J connectivity index is 1.76. The third kappa shape index (κ3) is 3.41. The van der Waals surface area contributed by atoms with Crippen molar-refractivity contribution >= 4 is 11.7 Å². The molecular formula is C12H18N4O. The number of hydrogen-bond donors (Lipinski definition) is 2. The molecule has 5 nitrogen and oxygen atoms in total. The molecule has 3 N–H and O–H groups in total. The monoisotopic (exact) mass is 234 g/mol. The van der Waals surface area contributed by atoms with E-state index < -0.39 is 5.91 Å². The summed E-state index contributed by atoms with van der Waals surface area (Å²) in [4.78, 5) is 10.8. The van der Waals surface area contributed by atoms with Crippen LogP contribution in [0.3, 0.4) is 0 Å². The van der Waals surface area contributed by atoms with Crippen molar-refractivity contribution in [1.29, 1.82) is 0 Å². The Labute approximate surface area is 101 Å². The highest BCUT2D eigenvalue weighted by Crippen LogP contribution is 2.27. The Morgan fingerprint density at radius 3 is 2.71 bits per heavy atom. The summed E-state index contributed by atoms with van der Waals surface area (Å²) in [6.07, 6.45) is 6.64. The van der Waals surface area contributed by atoms with Crippen LogP contribution in [0.4, 0.5) is 5.82 Å². The van der Waals surface area contributed by atoms with E-state index in [-0.39, 0.29) is 5.69 Å². The van der Waals surface area contributed by atoms with Crippen molar-refractivity contribution in [3.63, 3.8) is 0 Å². The normalized spacial score (nSPS) is 16.0. The van der Waals surface area contributed by atoms with Gasteiger partial charge in [-0.2, -0.15) is 0 Å². The molecule has 1 amide bonds. The van der Waals surface area contributed by atoms with Crippen LogP contribution in [0.25, 0.3) is 0 Å². The second-order valence-corrected chi connectivity index (χ2v) is 4.53. The first-order valence-corrected chi connectivity index (χ1v) is 6.13. The van der Waals surface area contributed by atoms with Crippen LogP contribution in [0.2, 0.25) is 0 Å². The van der Waals surface area contributed by atoms with E-state index in [1.807, 2.05) is 0 Å². The molecule has 0 aliphatic heterocycles. The number of rotatable bonds is 5. The molecule has 1 saturated carbocycles. The van der Waals surface area contributed by atoms with Crippen molar-refractivity contribution in [3.05, 3.63) is 17.8 Å². The molecule has 1 aliphatic rings. The number of nitrogens with zero attached hydrogens (tertiary/aromatic N) is 2. The average Bonchev–Trinajstić information content (AvgIpc) is 2.83. The summed E-state index contributed by atoms with van der Waals surface area (Å²) < 4.78 is 0. The summed E-state index contributed by atoms with van der Waals surface area (Å²) >= 11 is 0. The molecule has 17 heavy (non-hydrogen) atoms. The minimum absolute atomic E-state index is 0.200. The van der Waals surface area contributed by atoms with Crippen LogP contribution in [0.1, 0.15) is 42.6 Å². The van der Waals surface area contributed by atoms with Crippen LogP contribution < -0.4 is 11.1 Å². The second kappa shape index (κ2) is 5.61. The second-order valence-electron chi connectivity index (χ2n) is 4.53. The zero-order valence-electron chi connectivity index (χ0n) is 9.85. The van der Waals surface area contributed by atoms with Crippen molar-refractivity contribution < 1.29 is 4.79 Å². The van der Waals surface area contributed by atoms with E-state index in [9.17, 15) is 4.79 Å². The Morgan fingerprint density at radius 1 is 1.35 bits per heavy atom. The van der Waals surface area contributed by atoms with Gasteiger partial charge in [0.25, 0.3) is 5.91 Å². The lowest BCUT2D eigenvalue weighted by atomic mass is 10.0. The van der Waals surface area contributed by atoms with Gasteiger partial charge in [-0.15, -0.1) is 10.2 Å². The van der Waals surface area contributed by atoms with Gasteiger partial charge in [-0.05, 0) is 24.5 Å². The van der Waals surface area contributed by atoms with Gasteiger partial charge in [-0.3, -0.25) is 4.79 Å². The number of carbonyl (C=O) groups excluding carboxylic acids is 1. The maximum Gasteiger partial charge on any atom is 0.269 e. The van der Waals surface area contributed by atoms with E-state index >= 15 is 0 Å². The van der Waals surface area contributed by atoms with E-state index in [0.29, 0.717) is 5.82 Å². The summed E-state index contributed by atoms with van der Waals surface area (Å²) in [6, 6.07) is 3.33. The van der Waals surface area contributed by atoms with Gasteiger partial charge >= 0.3 is 0 Å². The Bertz CT molecular complexity index is 371. The van der Waals surface area contributed by atoms with Gasteiger partial charge in [-0.1, -0.05) is 25.7 Å². The highest BCUT2D eigenvalue weighted by Gasteiger charge is 2.14. The van der Waals surface area contributed by atoms with Crippen LogP contribution >= 0.6 is 0 Å². The molecule has 1 fully saturated rings. The zero-order chi connectivity index (χ0) is 12.1. The largest absolute Gasteiger partial charge is 0.369 e. The highest BCUT2D eigenvalue weighted by atomic mass is 16.1. The fraction of sp³-hybridized carbons (Fsp3) is 0.583. The minimum Gasteiger partial charge on any atom is -0.369 e. The average molecular weight is 234 g/mol. The molecule has 1 aromatic rings. The Hall–Kier alpha value is -1.65. The maximum absolute atomic E-state index is 10.8.